The molecule has 1 aromatic carbocycles. The lowest BCUT2D eigenvalue weighted by Crippen LogP contribution is -1.98. The Bertz CT molecular complexity index is 809. The Morgan fingerprint density at radius 2 is 1.71 bits per heavy atom. The van der Waals surface area contributed by atoms with E-state index in [4.69, 9.17) is 0 Å². The fourth-order valence-electron chi connectivity index (χ4n) is 1.95. The van der Waals surface area contributed by atoms with E-state index >= 15 is 0 Å². The van der Waals surface area contributed by atoms with Crippen LogP contribution in [0.3, 0.4) is 0 Å². The maximum Gasteiger partial charge on any atom is 0.136 e. The highest BCUT2D eigenvalue weighted by Crippen LogP contribution is 2.12. The molecule has 102 valence electrons. The highest BCUT2D eigenvalue weighted by molar-refractivity contribution is 5.41. The van der Waals surface area contributed by atoms with Gasteiger partial charge in [0.25, 0.3) is 0 Å². The summed E-state index contributed by atoms with van der Waals surface area (Å²) in [6.45, 7) is 1.94. The van der Waals surface area contributed by atoms with Crippen molar-refractivity contribution in [3.8, 4) is 17.5 Å². The smallest absolute Gasteiger partial charge is 0.136 e. The van der Waals surface area contributed by atoms with E-state index in [9.17, 15) is 4.39 Å². The minimum Gasteiger partial charge on any atom is -0.265 e. The molecular weight excluding hydrogens is 265 g/mol. The molecule has 0 aliphatic rings. The van der Waals surface area contributed by atoms with Gasteiger partial charge in [-0.2, -0.15) is 5.10 Å². The number of pyridine rings is 1. The molecule has 0 amide bonds. The summed E-state index contributed by atoms with van der Waals surface area (Å²) >= 11 is 0. The Hall–Kier alpha value is -2.93. The van der Waals surface area contributed by atoms with Crippen LogP contribution in [0.5, 0.6) is 0 Å². The first-order chi connectivity index (χ1) is 10.2. The number of rotatable bonds is 1. The third kappa shape index (κ3) is 2.98. The fourth-order valence-corrected chi connectivity index (χ4v) is 1.95. The van der Waals surface area contributed by atoms with E-state index in [-0.39, 0.29) is 5.82 Å². The average molecular weight is 277 g/mol. The van der Waals surface area contributed by atoms with E-state index in [1.165, 1.54) is 12.1 Å². The summed E-state index contributed by atoms with van der Waals surface area (Å²) < 4.78 is 14.7. The molecule has 0 atom stereocenters. The number of halogens is 1. The summed E-state index contributed by atoms with van der Waals surface area (Å²) in [6, 6.07) is 11.8. The second-order valence-corrected chi connectivity index (χ2v) is 4.55. The van der Waals surface area contributed by atoms with Crippen molar-refractivity contribution in [3.63, 3.8) is 0 Å². The summed E-state index contributed by atoms with van der Waals surface area (Å²) in [7, 11) is 0. The molecule has 0 aliphatic heterocycles. The monoisotopic (exact) mass is 277 g/mol. The molecule has 2 aromatic heterocycles. The average Bonchev–Trinajstić information content (AvgIpc) is 2.88. The van der Waals surface area contributed by atoms with Crippen molar-refractivity contribution < 1.29 is 4.39 Å². The van der Waals surface area contributed by atoms with Gasteiger partial charge in [0.15, 0.2) is 0 Å². The number of hydrogen-bond donors (Lipinski definition) is 0. The first-order valence-electron chi connectivity index (χ1n) is 6.47. The summed E-state index contributed by atoms with van der Waals surface area (Å²) in [4.78, 5) is 3.95. The van der Waals surface area contributed by atoms with Crippen molar-refractivity contribution in [2.45, 2.75) is 6.92 Å². The molecule has 2 heterocycles. The largest absolute Gasteiger partial charge is 0.265 e. The molecule has 3 rings (SSSR count). The predicted molar refractivity (Wildman–Crippen MR) is 78.5 cm³/mol. The lowest BCUT2D eigenvalue weighted by molar-refractivity contribution is 0.627. The van der Waals surface area contributed by atoms with Crippen LogP contribution in [0.2, 0.25) is 0 Å². The number of benzene rings is 1. The normalized spacial score (nSPS) is 10.0. The molecule has 3 nitrogen and oxygen atoms in total. The first-order valence-corrected chi connectivity index (χ1v) is 6.47. The van der Waals surface area contributed by atoms with E-state index in [1.807, 2.05) is 25.1 Å². The summed E-state index contributed by atoms with van der Waals surface area (Å²) in [5, 5.41) is 4.43. The van der Waals surface area contributed by atoms with Crippen LogP contribution in [0.4, 0.5) is 4.39 Å². The molecule has 0 fully saturated rings. The summed E-state index contributed by atoms with van der Waals surface area (Å²) in [6.07, 6.45) is 3.40. The number of nitrogens with zero attached hydrogens (tertiary/aromatic N) is 3. The van der Waals surface area contributed by atoms with Gasteiger partial charge in [-0.05, 0) is 55.3 Å². The molecule has 21 heavy (non-hydrogen) atoms. The molecule has 0 saturated carbocycles. The van der Waals surface area contributed by atoms with Gasteiger partial charge >= 0.3 is 0 Å². The van der Waals surface area contributed by atoms with Gasteiger partial charge in [-0.3, -0.25) is 4.98 Å². The predicted octanol–water partition coefficient (Wildman–Crippen LogP) is 3.11. The van der Waals surface area contributed by atoms with E-state index in [0.29, 0.717) is 5.69 Å². The fraction of sp³-hybridized carbons (Fsp3) is 0.0588. The van der Waals surface area contributed by atoms with Crippen LogP contribution in [0.15, 0.2) is 54.9 Å². The van der Waals surface area contributed by atoms with Gasteiger partial charge in [0.2, 0.25) is 0 Å². The molecule has 0 radical (unpaired) electrons. The van der Waals surface area contributed by atoms with Crippen LogP contribution in [0.1, 0.15) is 17.0 Å². The summed E-state index contributed by atoms with van der Waals surface area (Å²) in [5.41, 5.74) is 3.32. The minimum atomic E-state index is -0.263. The zero-order valence-corrected chi connectivity index (χ0v) is 11.4. The molecule has 0 aliphatic carbocycles. The zero-order valence-electron chi connectivity index (χ0n) is 11.4. The Kier molecular flexibility index (Phi) is 3.48. The van der Waals surface area contributed by atoms with Crippen LogP contribution >= 0.6 is 0 Å². The molecule has 0 N–H and O–H groups in total. The Morgan fingerprint density at radius 1 is 1.00 bits per heavy atom. The van der Waals surface area contributed by atoms with Crippen molar-refractivity contribution in [1.29, 1.82) is 0 Å². The highest BCUT2D eigenvalue weighted by Gasteiger charge is 2.04. The van der Waals surface area contributed by atoms with Gasteiger partial charge in [-0.15, -0.1) is 0 Å². The first kappa shape index (κ1) is 13.1. The lowest BCUT2D eigenvalue weighted by atomic mass is 10.2. The van der Waals surface area contributed by atoms with E-state index in [2.05, 4.69) is 21.9 Å². The van der Waals surface area contributed by atoms with Crippen molar-refractivity contribution >= 4 is 0 Å². The standard InChI is InChI=1S/C17H12FN3/c1-13-12-16(5-2-14-8-10-19-11-9-14)20-21(13)17-6-3-15(18)4-7-17/h3-4,6-12H,1H3. The van der Waals surface area contributed by atoms with Crippen LogP contribution in [-0.4, -0.2) is 14.8 Å². The minimum absolute atomic E-state index is 0.263. The number of aryl methyl sites for hydroxylation is 1. The van der Waals surface area contributed by atoms with Crippen molar-refractivity contribution in [2.24, 2.45) is 0 Å². The maximum atomic E-state index is 13.0. The van der Waals surface area contributed by atoms with Gasteiger partial charge < -0.3 is 0 Å². The molecule has 0 bridgehead atoms. The molecular formula is C17H12FN3. The quantitative estimate of drug-likeness (QED) is 0.640. The Balaban J connectivity index is 1.92. The van der Waals surface area contributed by atoms with Crippen LogP contribution in [0, 0.1) is 24.6 Å². The Morgan fingerprint density at radius 3 is 2.43 bits per heavy atom. The Labute approximate surface area is 122 Å². The number of hydrogen-bond acceptors (Lipinski definition) is 2. The van der Waals surface area contributed by atoms with Crippen molar-refractivity contribution in [1.82, 2.24) is 14.8 Å². The third-order valence-electron chi connectivity index (χ3n) is 2.97. The third-order valence-corrected chi connectivity index (χ3v) is 2.97. The second kappa shape index (κ2) is 5.59. The van der Waals surface area contributed by atoms with Crippen LogP contribution in [0.25, 0.3) is 5.69 Å². The van der Waals surface area contributed by atoms with Gasteiger partial charge in [0.1, 0.15) is 11.5 Å². The summed E-state index contributed by atoms with van der Waals surface area (Å²) in [5.74, 6) is 5.79. The molecule has 0 unspecified atom stereocenters. The van der Waals surface area contributed by atoms with Gasteiger partial charge in [-0.1, -0.05) is 5.92 Å². The van der Waals surface area contributed by atoms with Crippen LogP contribution < -0.4 is 0 Å². The molecule has 4 heteroatoms. The second-order valence-electron chi connectivity index (χ2n) is 4.55. The molecule has 3 aromatic rings. The lowest BCUT2D eigenvalue weighted by Gasteiger charge is -2.02. The van der Waals surface area contributed by atoms with Gasteiger partial charge in [-0.25, -0.2) is 9.07 Å². The highest BCUT2D eigenvalue weighted by atomic mass is 19.1. The van der Waals surface area contributed by atoms with Gasteiger partial charge in [0, 0.05) is 23.7 Å². The number of aromatic nitrogens is 3. The molecule has 0 spiro atoms. The molecule has 0 saturated heterocycles. The zero-order chi connectivity index (χ0) is 14.7. The maximum absolute atomic E-state index is 13.0. The SMILES string of the molecule is Cc1cc(C#Cc2ccncc2)nn1-c1ccc(F)cc1. The van der Waals surface area contributed by atoms with Gasteiger partial charge in [0.05, 0.1) is 5.69 Å². The van der Waals surface area contributed by atoms with Crippen molar-refractivity contribution in [3.05, 3.63) is 77.6 Å². The van der Waals surface area contributed by atoms with Crippen molar-refractivity contribution in [2.75, 3.05) is 0 Å². The van der Waals surface area contributed by atoms with E-state index in [1.54, 1.807) is 29.2 Å². The van der Waals surface area contributed by atoms with Crippen LogP contribution in [-0.2, 0) is 0 Å². The van der Waals surface area contributed by atoms with E-state index in [0.717, 1.165) is 16.9 Å². The van der Waals surface area contributed by atoms with E-state index < -0.39 is 0 Å². The topological polar surface area (TPSA) is 30.7 Å².